The second-order valence-electron chi connectivity index (χ2n) is 6.48. The van der Waals surface area contributed by atoms with E-state index in [1.54, 1.807) is 0 Å². The van der Waals surface area contributed by atoms with E-state index in [0.717, 1.165) is 45.9 Å². The van der Waals surface area contributed by atoms with Crippen LogP contribution in [0.15, 0.2) is 0 Å². The second-order valence-corrected chi connectivity index (χ2v) is 6.48. The van der Waals surface area contributed by atoms with E-state index in [0.29, 0.717) is 12.3 Å². The van der Waals surface area contributed by atoms with E-state index >= 15 is 0 Å². The van der Waals surface area contributed by atoms with Crippen LogP contribution in [-0.2, 0) is 4.74 Å². The fourth-order valence-corrected chi connectivity index (χ4v) is 3.14. The molecule has 1 unspecified atom stereocenters. The van der Waals surface area contributed by atoms with Crippen molar-refractivity contribution in [1.82, 2.24) is 9.80 Å². The first-order valence-electron chi connectivity index (χ1n) is 7.54. The van der Waals surface area contributed by atoms with Crippen molar-refractivity contribution in [1.29, 1.82) is 5.26 Å². The average molecular weight is 265 g/mol. The summed E-state index contributed by atoms with van der Waals surface area (Å²) in [6.07, 6.45) is 3.13. The number of hydrogen-bond donors (Lipinski definition) is 0. The summed E-state index contributed by atoms with van der Waals surface area (Å²) in [7, 11) is 0. The van der Waals surface area contributed by atoms with Gasteiger partial charge in [0.25, 0.3) is 0 Å². The minimum absolute atomic E-state index is 0.290. The number of morpholine rings is 1. The normalized spacial score (nSPS) is 29.0. The smallest absolute Gasteiger partial charge is 0.0625 e. The number of rotatable bonds is 4. The number of ether oxygens (including phenoxy) is 1. The molecule has 0 bridgehead atoms. The first-order chi connectivity index (χ1) is 9.12. The highest BCUT2D eigenvalue weighted by Crippen LogP contribution is 2.31. The molecule has 0 N–H and O–H groups in total. The van der Waals surface area contributed by atoms with E-state index < -0.39 is 0 Å². The zero-order chi connectivity index (χ0) is 13.7. The predicted molar refractivity (Wildman–Crippen MR) is 75.9 cm³/mol. The highest BCUT2D eigenvalue weighted by atomic mass is 16.5. The molecule has 4 heteroatoms. The Morgan fingerprint density at radius 1 is 1.26 bits per heavy atom. The van der Waals surface area contributed by atoms with Gasteiger partial charge in [0.1, 0.15) is 0 Å². The van der Waals surface area contributed by atoms with E-state index in [-0.39, 0.29) is 5.54 Å². The zero-order valence-electron chi connectivity index (χ0n) is 12.4. The molecule has 19 heavy (non-hydrogen) atoms. The number of nitriles is 1. The van der Waals surface area contributed by atoms with Crippen LogP contribution >= 0.6 is 0 Å². The van der Waals surface area contributed by atoms with Gasteiger partial charge < -0.3 is 4.74 Å². The molecule has 0 aromatic carbocycles. The molecule has 2 saturated heterocycles. The molecule has 1 atom stereocenters. The van der Waals surface area contributed by atoms with Crippen molar-refractivity contribution in [2.75, 3.05) is 45.9 Å². The lowest BCUT2D eigenvalue weighted by molar-refractivity contribution is 0.00891. The Labute approximate surface area is 117 Å². The topological polar surface area (TPSA) is 39.5 Å². The van der Waals surface area contributed by atoms with E-state index in [4.69, 9.17) is 10.00 Å². The van der Waals surface area contributed by atoms with Gasteiger partial charge in [-0.2, -0.15) is 5.26 Å². The average Bonchev–Trinajstić information content (AvgIpc) is 2.41. The molecule has 0 radical (unpaired) electrons. The maximum atomic E-state index is 8.88. The number of piperidine rings is 1. The third kappa shape index (κ3) is 4.17. The minimum atomic E-state index is 0.290. The molecule has 0 saturated carbocycles. The van der Waals surface area contributed by atoms with Crippen molar-refractivity contribution in [2.24, 2.45) is 5.92 Å². The van der Waals surface area contributed by atoms with Gasteiger partial charge in [-0.25, -0.2) is 0 Å². The molecule has 0 amide bonds. The van der Waals surface area contributed by atoms with Gasteiger partial charge in [-0.15, -0.1) is 0 Å². The third-order valence-electron chi connectivity index (χ3n) is 4.67. The van der Waals surface area contributed by atoms with E-state index in [1.165, 1.54) is 12.8 Å². The summed E-state index contributed by atoms with van der Waals surface area (Å²) in [4.78, 5) is 5.08. The van der Waals surface area contributed by atoms with Crippen molar-refractivity contribution < 1.29 is 4.74 Å². The molecule has 2 aliphatic heterocycles. The summed E-state index contributed by atoms with van der Waals surface area (Å²) in [5.41, 5.74) is 0.290. The zero-order valence-corrected chi connectivity index (χ0v) is 12.4. The Hall–Kier alpha value is -0.630. The van der Waals surface area contributed by atoms with Gasteiger partial charge in [0.05, 0.1) is 19.3 Å². The van der Waals surface area contributed by atoms with Crippen LogP contribution in [0.3, 0.4) is 0 Å². The van der Waals surface area contributed by atoms with Crippen LogP contribution in [0.5, 0.6) is 0 Å². The molecule has 2 aliphatic rings. The molecule has 0 aromatic heterocycles. The summed E-state index contributed by atoms with van der Waals surface area (Å²) in [5, 5.41) is 8.88. The summed E-state index contributed by atoms with van der Waals surface area (Å²) in [6.45, 7) is 11.9. The number of nitrogens with zero attached hydrogens (tertiary/aromatic N) is 3. The van der Waals surface area contributed by atoms with Crippen LogP contribution in [0, 0.1) is 17.2 Å². The molecule has 108 valence electrons. The molecule has 2 rings (SSSR count). The largest absolute Gasteiger partial charge is 0.379 e. The molecule has 2 fully saturated rings. The van der Waals surface area contributed by atoms with Crippen LogP contribution in [-0.4, -0.2) is 61.3 Å². The fourth-order valence-electron chi connectivity index (χ4n) is 3.14. The Morgan fingerprint density at radius 2 is 2.00 bits per heavy atom. The van der Waals surface area contributed by atoms with Crippen LogP contribution in [0.4, 0.5) is 0 Å². The maximum absolute atomic E-state index is 8.88. The van der Waals surface area contributed by atoms with Crippen LogP contribution in [0.2, 0.25) is 0 Å². The van der Waals surface area contributed by atoms with Gasteiger partial charge in [-0.3, -0.25) is 9.80 Å². The molecular formula is C15H27N3O. The number of likely N-dealkylation sites (tertiary alicyclic amines) is 1. The van der Waals surface area contributed by atoms with Gasteiger partial charge in [0.15, 0.2) is 0 Å². The molecular weight excluding hydrogens is 238 g/mol. The van der Waals surface area contributed by atoms with Gasteiger partial charge in [0.2, 0.25) is 0 Å². The molecule has 0 aliphatic carbocycles. The SMILES string of the molecule is CC1(C)CCC(CC#N)CN1CCN1CCOCC1. The van der Waals surface area contributed by atoms with Crippen LogP contribution < -0.4 is 0 Å². The summed E-state index contributed by atoms with van der Waals surface area (Å²) < 4.78 is 5.39. The van der Waals surface area contributed by atoms with Crippen molar-refractivity contribution in [3.05, 3.63) is 0 Å². The van der Waals surface area contributed by atoms with E-state index in [1.807, 2.05) is 0 Å². The minimum Gasteiger partial charge on any atom is -0.379 e. The van der Waals surface area contributed by atoms with Crippen molar-refractivity contribution in [3.63, 3.8) is 0 Å². The van der Waals surface area contributed by atoms with Gasteiger partial charge in [-0.05, 0) is 32.6 Å². The monoisotopic (exact) mass is 265 g/mol. The van der Waals surface area contributed by atoms with Crippen LogP contribution in [0.25, 0.3) is 0 Å². The highest BCUT2D eigenvalue weighted by Gasteiger charge is 2.33. The highest BCUT2D eigenvalue weighted by molar-refractivity contribution is 4.91. The first kappa shape index (κ1) is 14.8. The molecule has 0 aromatic rings. The molecule has 2 heterocycles. The summed E-state index contributed by atoms with van der Waals surface area (Å²) in [6, 6.07) is 2.34. The van der Waals surface area contributed by atoms with Crippen molar-refractivity contribution >= 4 is 0 Å². The first-order valence-corrected chi connectivity index (χ1v) is 7.54. The predicted octanol–water partition coefficient (Wildman–Crippen LogP) is 1.72. The Morgan fingerprint density at radius 3 is 2.68 bits per heavy atom. The maximum Gasteiger partial charge on any atom is 0.0625 e. The van der Waals surface area contributed by atoms with Gasteiger partial charge >= 0.3 is 0 Å². The quantitative estimate of drug-likeness (QED) is 0.776. The Kier molecular flexibility index (Phi) is 5.20. The Bertz CT molecular complexity index is 318. The van der Waals surface area contributed by atoms with Gasteiger partial charge in [-0.1, -0.05) is 0 Å². The second kappa shape index (κ2) is 6.69. The number of hydrogen-bond acceptors (Lipinski definition) is 4. The lowest BCUT2D eigenvalue weighted by Crippen LogP contribution is -2.53. The fraction of sp³-hybridized carbons (Fsp3) is 0.933. The van der Waals surface area contributed by atoms with Gasteiger partial charge in [0, 0.05) is 44.7 Å². The lowest BCUT2D eigenvalue weighted by atomic mass is 9.83. The Balaban J connectivity index is 1.82. The lowest BCUT2D eigenvalue weighted by Gasteiger charge is -2.46. The molecule has 4 nitrogen and oxygen atoms in total. The molecule has 0 spiro atoms. The standard InChI is InChI=1S/C15H27N3O/c1-15(2)5-3-14(4-6-16)13-18(15)8-7-17-9-11-19-12-10-17/h14H,3-5,7-13H2,1-2H3. The third-order valence-corrected chi connectivity index (χ3v) is 4.67. The van der Waals surface area contributed by atoms with Crippen molar-refractivity contribution in [3.8, 4) is 6.07 Å². The summed E-state index contributed by atoms with van der Waals surface area (Å²) >= 11 is 0. The van der Waals surface area contributed by atoms with Crippen LogP contribution in [0.1, 0.15) is 33.1 Å². The van der Waals surface area contributed by atoms with E-state index in [9.17, 15) is 0 Å². The van der Waals surface area contributed by atoms with Crippen molar-refractivity contribution in [2.45, 2.75) is 38.6 Å². The van der Waals surface area contributed by atoms with E-state index in [2.05, 4.69) is 29.7 Å². The summed E-state index contributed by atoms with van der Waals surface area (Å²) in [5.74, 6) is 0.572.